The lowest BCUT2D eigenvalue weighted by Gasteiger charge is -2.20. The van der Waals surface area contributed by atoms with Crippen LogP contribution in [-0.2, 0) is 17.2 Å². The third kappa shape index (κ3) is 2.78. The van der Waals surface area contributed by atoms with Gasteiger partial charge in [-0.05, 0) is 47.7 Å². The fraction of sp³-hybridized carbons (Fsp3) is 0.375. The van der Waals surface area contributed by atoms with Gasteiger partial charge in [0, 0.05) is 6.04 Å². The summed E-state index contributed by atoms with van der Waals surface area (Å²) in [6, 6.07) is 10.2. The van der Waals surface area contributed by atoms with E-state index < -0.39 is 10.8 Å². The van der Waals surface area contributed by atoms with Crippen LogP contribution in [0.1, 0.15) is 24.1 Å². The molecule has 21 heavy (non-hydrogen) atoms. The zero-order valence-electron chi connectivity index (χ0n) is 12.2. The van der Waals surface area contributed by atoms with Crippen molar-refractivity contribution in [2.24, 2.45) is 0 Å². The zero-order valence-corrected chi connectivity index (χ0v) is 13.8. The fourth-order valence-corrected chi connectivity index (χ4v) is 5.60. The first-order valence-corrected chi connectivity index (χ1v) is 9.18. The van der Waals surface area contributed by atoms with Gasteiger partial charge in [-0.25, -0.2) is 0 Å². The van der Waals surface area contributed by atoms with Gasteiger partial charge in [0.1, 0.15) is 5.75 Å². The van der Waals surface area contributed by atoms with Gasteiger partial charge in [0.15, 0.2) is 0 Å². The van der Waals surface area contributed by atoms with Gasteiger partial charge in [-0.2, -0.15) is 0 Å². The highest BCUT2D eigenvalue weighted by Crippen LogP contribution is 2.38. The van der Waals surface area contributed by atoms with Crippen molar-refractivity contribution in [3.05, 3.63) is 46.8 Å². The molecule has 0 amide bonds. The Morgan fingerprint density at radius 1 is 1.43 bits per heavy atom. The number of rotatable bonds is 5. The number of nitrogens with one attached hydrogen (secondary N) is 1. The Hall–Kier alpha value is -1.17. The maximum absolute atomic E-state index is 12.9. The molecule has 0 aliphatic heterocycles. The first-order valence-electron chi connectivity index (χ1n) is 7.09. The van der Waals surface area contributed by atoms with Gasteiger partial charge in [0.05, 0.1) is 27.4 Å². The van der Waals surface area contributed by atoms with Crippen molar-refractivity contribution < 1.29 is 8.95 Å². The average molecular weight is 321 g/mol. The molecule has 0 spiro atoms. The van der Waals surface area contributed by atoms with E-state index >= 15 is 0 Å². The summed E-state index contributed by atoms with van der Waals surface area (Å²) < 4.78 is 19.2. The minimum absolute atomic E-state index is 0.0886. The molecule has 1 N–H and O–H groups in total. The third-order valence-electron chi connectivity index (χ3n) is 3.87. The summed E-state index contributed by atoms with van der Waals surface area (Å²) in [6.45, 7) is 2.95. The number of hydrogen-bond acceptors (Lipinski definition) is 4. The topological polar surface area (TPSA) is 38.3 Å². The molecule has 0 fully saturated rings. The Balaban J connectivity index is 1.94. The Morgan fingerprint density at radius 2 is 2.29 bits per heavy atom. The second-order valence-corrected chi connectivity index (χ2v) is 7.92. The van der Waals surface area contributed by atoms with E-state index in [1.54, 1.807) is 18.4 Å². The monoisotopic (exact) mass is 321 g/mol. The molecule has 3 nitrogen and oxygen atoms in total. The highest BCUT2D eigenvalue weighted by Gasteiger charge is 2.37. The standard InChI is InChI=1S/C16H19NO2S2/c1-3-17-16-13-10-12(19-2)7-6-11(13)9-14(16)21(18)15-5-4-8-20-15/h4-8,10,14,16-17H,3,9H2,1-2H3. The average Bonchev–Trinajstić information content (AvgIpc) is 3.15. The molecule has 1 aromatic carbocycles. The highest BCUT2D eigenvalue weighted by molar-refractivity contribution is 7.88. The van der Waals surface area contributed by atoms with Gasteiger partial charge in [0.2, 0.25) is 0 Å². The number of hydrogen-bond donors (Lipinski definition) is 1. The summed E-state index contributed by atoms with van der Waals surface area (Å²) in [5, 5.41) is 5.58. The Labute approximate surface area is 131 Å². The van der Waals surface area contributed by atoms with Crippen LogP contribution in [-0.4, -0.2) is 23.1 Å². The van der Waals surface area contributed by atoms with Crippen LogP contribution in [0.4, 0.5) is 0 Å². The van der Waals surface area contributed by atoms with Crippen LogP contribution in [0.2, 0.25) is 0 Å². The van der Waals surface area contributed by atoms with E-state index in [0.717, 1.165) is 22.9 Å². The van der Waals surface area contributed by atoms with Crippen LogP contribution >= 0.6 is 11.3 Å². The van der Waals surface area contributed by atoms with Crippen molar-refractivity contribution in [1.29, 1.82) is 0 Å². The number of thiophene rings is 1. The molecule has 3 unspecified atom stereocenters. The van der Waals surface area contributed by atoms with Crippen LogP contribution in [0.25, 0.3) is 0 Å². The van der Waals surface area contributed by atoms with Crippen LogP contribution in [0.5, 0.6) is 5.75 Å². The number of benzene rings is 1. The Bertz CT molecular complexity index is 640. The Kier molecular flexibility index (Phi) is 4.42. The summed E-state index contributed by atoms with van der Waals surface area (Å²) in [6.07, 6.45) is 0.849. The predicted molar refractivity (Wildman–Crippen MR) is 87.6 cm³/mol. The molecular weight excluding hydrogens is 302 g/mol. The number of ether oxygens (including phenoxy) is 1. The second kappa shape index (κ2) is 6.30. The van der Waals surface area contributed by atoms with Crippen molar-refractivity contribution in [3.8, 4) is 5.75 Å². The molecule has 0 bridgehead atoms. The van der Waals surface area contributed by atoms with Gasteiger partial charge in [-0.1, -0.05) is 19.1 Å². The van der Waals surface area contributed by atoms with Gasteiger partial charge in [0.25, 0.3) is 0 Å². The van der Waals surface area contributed by atoms with E-state index in [-0.39, 0.29) is 11.3 Å². The summed E-state index contributed by atoms with van der Waals surface area (Å²) >= 11 is 1.57. The van der Waals surface area contributed by atoms with Crippen molar-refractivity contribution in [2.75, 3.05) is 13.7 Å². The SMILES string of the molecule is CCNC1c2cc(OC)ccc2CC1S(=O)c1cccs1. The second-order valence-electron chi connectivity index (χ2n) is 5.07. The summed E-state index contributed by atoms with van der Waals surface area (Å²) in [4.78, 5) is 0. The molecule has 1 aliphatic rings. The molecule has 5 heteroatoms. The molecule has 3 atom stereocenters. The van der Waals surface area contributed by atoms with Crippen LogP contribution in [0, 0.1) is 0 Å². The minimum Gasteiger partial charge on any atom is -0.497 e. The van der Waals surface area contributed by atoms with Gasteiger partial charge in [-0.3, -0.25) is 4.21 Å². The molecule has 2 aromatic rings. The summed E-state index contributed by atoms with van der Waals surface area (Å²) in [5.74, 6) is 0.860. The molecule has 112 valence electrons. The number of fused-ring (bicyclic) bond motifs is 1. The van der Waals surface area contributed by atoms with Crippen molar-refractivity contribution in [2.45, 2.75) is 28.8 Å². The predicted octanol–water partition coefficient (Wildman–Crippen LogP) is 3.14. The van der Waals surface area contributed by atoms with Crippen molar-refractivity contribution in [3.63, 3.8) is 0 Å². The van der Waals surface area contributed by atoms with Gasteiger partial charge < -0.3 is 10.1 Å². The fourth-order valence-electron chi connectivity index (χ4n) is 2.90. The Morgan fingerprint density at radius 3 is 2.95 bits per heavy atom. The third-order valence-corrected chi connectivity index (χ3v) is 6.84. The molecule has 1 aliphatic carbocycles. The van der Waals surface area contributed by atoms with Crippen molar-refractivity contribution >= 4 is 22.1 Å². The van der Waals surface area contributed by atoms with E-state index in [2.05, 4.69) is 24.4 Å². The quantitative estimate of drug-likeness (QED) is 0.919. The molecule has 1 aromatic heterocycles. The molecule has 3 rings (SSSR count). The normalized spacial score (nSPS) is 22.0. The minimum atomic E-state index is -0.979. The van der Waals surface area contributed by atoms with Crippen molar-refractivity contribution in [1.82, 2.24) is 5.32 Å². The van der Waals surface area contributed by atoms with E-state index in [9.17, 15) is 4.21 Å². The van der Waals surface area contributed by atoms with Gasteiger partial charge >= 0.3 is 0 Å². The van der Waals surface area contributed by atoms with Crippen LogP contribution in [0.3, 0.4) is 0 Å². The van der Waals surface area contributed by atoms with Gasteiger partial charge in [-0.15, -0.1) is 11.3 Å². The first-order chi connectivity index (χ1) is 10.2. The van der Waals surface area contributed by atoms with E-state index in [4.69, 9.17) is 4.74 Å². The summed E-state index contributed by atoms with van der Waals surface area (Å²) in [7, 11) is 0.702. The molecule has 0 radical (unpaired) electrons. The molecular formula is C16H19NO2S2. The maximum atomic E-state index is 12.9. The molecule has 0 saturated heterocycles. The van der Waals surface area contributed by atoms with Crippen LogP contribution < -0.4 is 10.1 Å². The summed E-state index contributed by atoms with van der Waals surface area (Å²) in [5.41, 5.74) is 2.50. The smallest absolute Gasteiger partial charge is 0.119 e. The lowest BCUT2D eigenvalue weighted by atomic mass is 10.1. The zero-order chi connectivity index (χ0) is 14.8. The van der Waals surface area contributed by atoms with E-state index in [0.29, 0.717) is 0 Å². The highest BCUT2D eigenvalue weighted by atomic mass is 32.2. The lowest BCUT2D eigenvalue weighted by Crippen LogP contribution is -2.31. The molecule has 1 heterocycles. The maximum Gasteiger partial charge on any atom is 0.119 e. The molecule has 0 saturated carbocycles. The van der Waals surface area contributed by atoms with E-state index in [1.165, 1.54) is 11.1 Å². The lowest BCUT2D eigenvalue weighted by molar-refractivity contribution is 0.413. The first kappa shape index (κ1) is 14.8. The van der Waals surface area contributed by atoms with E-state index in [1.807, 2.05) is 23.6 Å². The van der Waals surface area contributed by atoms with Crippen LogP contribution in [0.15, 0.2) is 39.9 Å². The number of methoxy groups -OCH3 is 1. The largest absolute Gasteiger partial charge is 0.497 e.